The van der Waals surface area contributed by atoms with Gasteiger partial charge in [-0.25, -0.2) is 0 Å². The number of hydrogen-bond donors (Lipinski definition) is 2. The van der Waals surface area contributed by atoms with Gasteiger partial charge in [0, 0.05) is 33.0 Å². The highest BCUT2D eigenvalue weighted by Crippen LogP contribution is 2.39. The number of likely N-dealkylation sites (tertiary alicyclic amines) is 1. The van der Waals surface area contributed by atoms with Gasteiger partial charge < -0.3 is 16.0 Å². The van der Waals surface area contributed by atoms with E-state index in [4.69, 9.17) is 5.73 Å². The number of hydrogen-bond acceptors (Lipinski definition) is 3. The number of piperidine rings is 1. The lowest BCUT2D eigenvalue weighted by molar-refractivity contribution is -0.135. The first-order valence-electron chi connectivity index (χ1n) is 8.77. The molecule has 1 saturated carbocycles. The third kappa shape index (κ3) is 4.70. The van der Waals surface area contributed by atoms with Crippen LogP contribution in [0.3, 0.4) is 0 Å². The van der Waals surface area contributed by atoms with Crippen LogP contribution in [0.15, 0.2) is 0 Å². The summed E-state index contributed by atoms with van der Waals surface area (Å²) >= 11 is 0. The molecule has 2 amide bonds. The van der Waals surface area contributed by atoms with Crippen molar-refractivity contribution in [2.45, 2.75) is 58.3 Å². The molecule has 2 aliphatic rings. The Morgan fingerprint density at radius 3 is 2.36 bits per heavy atom. The van der Waals surface area contributed by atoms with Gasteiger partial charge in [0.25, 0.3) is 0 Å². The van der Waals surface area contributed by atoms with Crippen molar-refractivity contribution in [3.8, 4) is 0 Å². The minimum Gasteiger partial charge on any atom is -0.356 e. The molecule has 1 heterocycles. The Morgan fingerprint density at radius 2 is 1.82 bits per heavy atom. The Bertz CT molecular complexity index is 383. The zero-order valence-corrected chi connectivity index (χ0v) is 13.9. The molecule has 5 nitrogen and oxygen atoms in total. The first-order valence-corrected chi connectivity index (χ1v) is 8.77. The van der Waals surface area contributed by atoms with Crippen LogP contribution in [0.2, 0.25) is 0 Å². The van der Waals surface area contributed by atoms with Gasteiger partial charge in [-0.1, -0.05) is 19.3 Å². The summed E-state index contributed by atoms with van der Waals surface area (Å²) in [6.45, 7) is 4.57. The molecule has 0 aromatic heterocycles. The van der Waals surface area contributed by atoms with E-state index < -0.39 is 0 Å². The number of nitrogens with two attached hydrogens (primary N) is 1. The second kappa shape index (κ2) is 7.95. The predicted molar refractivity (Wildman–Crippen MR) is 87.2 cm³/mol. The van der Waals surface area contributed by atoms with Crippen molar-refractivity contribution in [3.05, 3.63) is 0 Å². The van der Waals surface area contributed by atoms with Crippen LogP contribution in [0.4, 0.5) is 0 Å². The van der Waals surface area contributed by atoms with E-state index in [1.54, 1.807) is 6.92 Å². The summed E-state index contributed by atoms with van der Waals surface area (Å²) in [5.74, 6) is 0.817. The molecule has 2 fully saturated rings. The first-order chi connectivity index (χ1) is 10.5. The molecule has 0 atom stereocenters. The monoisotopic (exact) mass is 309 g/mol. The van der Waals surface area contributed by atoms with Crippen molar-refractivity contribution in [1.29, 1.82) is 0 Å². The number of rotatable bonds is 5. The van der Waals surface area contributed by atoms with Crippen LogP contribution < -0.4 is 11.1 Å². The molecule has 1 aliphatic carbocycles. The number of nitrogens with one attached hydrogen (secondary N) is 1. The average molecular weight is 309 g/mol. The molecule has 126 valence electrons. The standard InChI is InChI=1S/C17H31N3O2/c1-14(21)19-12-15-5-9-20(10-6-15)16(22)11-17(13-18)7-3-2-4-8-17/h15H,2-13,18H2,1H3,(H,19,21). The summed E-state index contributed by atoms with van der Waals surface area (Å²) in [6.07, 6.45) is 8.52. The van der Waals surface area contributed by atoms with Crippen molar-refractivity contribution >= 4 is 11.8 Å². The second-order valence-electron chi connectivity index (χ2n) is 7.20. The quantitative estimate of drug-likeness (QED) is 0.811. The van der Waals surface area contributed by atoms with E-state index in [0.717, 1.165) is 45.3 Å². The third-order valence-electron chi connectivity index (χ3n) is 5.48. The molecule has 0 aromatic carbocycles. The van der Waals surface area contributed by atoms with Crippen molar-refractivity contribution in [1.82, 2.24) is 10.2 Å². The van der Waals surface area contributed by atoms with E-state index in [2.05, 4.69) is 5.32 Å². The zero-order valence-electron chi connectivity index (χ0n) is 13.9. The van der Waals surface area contributed by atoms with E-state index >= 15 is 0 Å². The average Bonchev–Trinajstić information content (AvgIpc) is 2.54. The Morgan fingerprint density at radius 1 is 1.18 bits per heavy atom. The van der Waals surface area contributed by atoms with Gasteiger partial charge in [-0.2, -0.15) is 0 Å². The fourth-order valence-electron chi connectivity index (χ4n) is 3.86. The fraction of sp³-hybridized carbons (Fsp3) is 0.882. The minimum atomic E-state index is 0.0284. The molecule has 0 bridgehead atoms. The zero-order chi connectivity index (χ0) is 16.0. The number of amides is 2. The van der Waals surface area contributed by atoms with E-state index in [1.165, 1.54) is 19.3 Å². The molecule has 0 spiro atoms. The van der Waals surface area contributed by atoms with Gasteiger partial charge in [-0.05, 0) is 43.6 Å². The molecule has 3 N–H and O–H groups in total. The van der Waals surface area contributed by atoms with Crippen LogP contribution in [0, 0.1) is 11.3 Å². The van der Waals surface area contributed by atoms with Gasteiger partial charge in [0.2, 0.25) is 11.8 Å². The van der Waals surface area contributed by atoms with Crippen LogP contribution in [-0.4, -0.2) is 42.9 Å². The van der Waals surface area contributed by atoms with Gasteiger partial charge in [-0.15, -0.1) is 0 Å². The lowest BCUT2D eigenvalue weighted by Gasteiger charge is -2.39. The van der Waals surface area contributed by atoms with E-state index in [1.807, 2.05) is 4.90 Å². The highest BCUT2D eigenvalue weighted by atomic mass is 16.2. The van der Waals surface area contributed by atoms with Crippen molar-refractivity contribution in [2.75, 3.05) is 26.2 Å². The maximum Gasteiger partial charge on any atom is 0.223 e. The summed E-state index contributed by atoms with van der Waals surface area (Å²) in [5.41, 5.74) is 6.05. The van der Waals surface area contributed by atoms with Gasteiger partial charge in [0.05, 0.1) is 0 Å². The number of nitrogens with zero attached hydrogens (tertiary/aromatic N) is 1. The lowest BCUT2D eigenvalue weighted by atomic mass is 9.71. The Hall–Kier alpha value is -1.10. The van der Waals surface area contributed by atoms with Gasteiger partial charge in [0.15, 0.2) is 0 Å². The molecule has 5 heteroatoms. The minimum absolute atomic E-state index is 0.0284. The van der Waals surface area contributed by atoms with E-state index in [9.17, 15) is 9.59 Å². The van der Waals surface area contributed by atoms with Crippen molar-refractivity contribution < 1.29 is 9.59 Å². The van der Waals surface area contributed by atoms with E-state index in [0.29, 0.717) is 18.9 Å². The van der Waals surface area contributed by atoms with Gasteiger partial charge in [-0.3, -0.25) is 9.59 Å². The van der Waals surface area contributed by atoms with Crippen molar-refractivity contribution in [2.24, 2.45) is 17.1 Å². The van der Waals surface area contributed by atoms with Crippen LogP contribution in [0.1, 0.15) is 58.3 Å². The largest absolute Gasteiger partial charge is 0.356 e. The maximum absolute atomic E-state index is 12.6. The number of carbonyl (C=O) groups is 2. The predicted octanol–water partition coefficient (Wildman–Crippen LogP) is 1.66. The highest BCUT2D eigenvalue weighted by molar-refractivity contribution is 5.77. The third-order valence-corrected chi connectivity index (χ3v) is 5.48. The molecule has 0 aromatic rings. The van der Waals surface area contributed by atoms with Crippen molar-refractivity contribution in [3.63, 3.8) is 0 Å². The van der Waals surface area contributed by atoms with Crippen LogP contribution in [0.5, 0.6) is 0 Å². The summed E-state index contributed by atoms with van der Waals surface area (Å²) in [5, 5.41) is 2.88. The lowest BCUT2D eigenvalue weighted by Crippen LogP contribution is -2.44. The summed E-state index contributed by atoms with van der Waals surface area (Å²) < 4.78 is 0. The molecule has 1 saturated heterocycles. The molecule has 2 rings (SSSR count). The Balaban J connectivity index is 1.78. The molecule has 22 heavy (non-hydrogen) atoms. The highest BCUT2D eigenvalue weighted by Gasteiger charge is 2.35. The summed E-state index contributed by atoms with van der Waals surface area (Å²) in [4.78, 5) is 25.6. The maximum atomic E-state index is 12.6. The SMILES string of the molecule is CC(=O)NCC1CCN(C(=O)CC2(CN)CCCCC2)CC1. The molecule has 0 radical (unpaired) electrons. The molecule has 1 aliphatic heterocycles. The first kappa shape index (κ1) is 17.3. The number of carbonyl (C=O) groups excluding carboxylic acids is 2. The normalized spacial score (nSPS) is 22.4. The molecular weight excluding hydrogens is 278 g/mol. The Labute approximate surface area is 134 Å². The van der Waals surface area contributed by atoms with E-state index in [-0.39, 0.29) is 17.2 Å². The molecular formula is C17H31N3O2. The summed E-state index contributed by atoms with van der Waals surface area (Å²) in [7, 11) is 0. The second-order valence-corrected chi connectivity index (χ2v) is 7.20. The summed E-state index contributed by atoms with van der Waals surface area (Å²) in [6, 6.07) is 0. The Kier molecular flexibility index (Phi) is 6.24. The van der Waals surface area contributed by atoms with Gasteiger partial charge in [0.1, 0.15) is 0 Å². The molecule has 0 unspecified atom stereocenters. The van der Waals surface area contributed by atoms with Crippen LogP contribution in [0.25, 0.3) is 0 Å². The van der Waals surface area contributed by atoms with Crippen LogP contribution in [-0.2, 0) is 9.59 Å². The smallest absolute Gasteiger partial charge is 0.223 e. The van der Waals surface area contributed by atoms with Crippen LogP contribution >= 0.6 is 0 Å². The topological polar surface area (TPSA) is 75.4 Å². The fourth-order valence-corrected chi connectivity index (χ4v) is 3.86. The van der Waals surface area contributed by atoms with Gasteiger partial charge >= 0.3 is 0 Å².